The summed E-state index contributed by atoms with van der Waals surface area (Å²) in [5.74, 6) is -0.744. The molecule has 1 fully saturated rings. The molecule has 2 heterocycles. The van der Waals surface area contributed by atoms with Gasteiger partial charge in [0.15, 0.2) is 6.10 Å². The van der Waals surface area contributed by atoms with Crippen LogP contribution in [0.1, 0.15) is 16.1 Å². The SMILES string of the molecule is CN1CCN(C(=O)[C@H](O)[C@H](Cc2ccccc2)NC(=O)c2cc3cc(Cl)ccc3[nH]2)CC1. The van der Waals surface area contributed by atoms with E-state index in [1.807, 2.05) is 43.4 Å². The predicted molar refractivity (Wildman–Crippen MR) is 125 cm³/mol. The fourth-order valence-corrected chi connectivity index (χ4v) is 4.15. The van der Waals surface area contributed by atoms with E-state index in [-0.39, 0.29) is 11.8 Å². The molecule has 8 heteroatoms. The Morgan fingerprint density at radius 2 is 1.81 bits per heavy atom. The van der Waals surface area contributed by atoms with Crippen molar-refractivity contribution in [3.8, 4) is 0 Å². The van der Waals surface area contributed by atoms with Gasteiger partial charge in [-0.2, -0.15) is 0 Å². The van der Waals surface area contributed by atoms with Crippen molar-refractivity contribution in [3.05, 3.63) is 70.9 Å². The Labute approximate surface area is 192 Å². The zero-order valence-corrected chi connectivity index (χ0v) is 18.7. The number of benzene rings is 2. The quantitative estimate of drug-likeness (QED) is 0.533. The lowest BCUT2D eigenvalue weighted by atomic mass is 9.99. The molecule has 0 aliphatic carbocycles. The number of aliphatic hydroxyl groups is 1. The summed E-state index contributed by atoms with van der Waals surface area (Å²) in [6.45, 7) is 2.62. The summed E-state index contributed by atoms with van der Waals surface area (Å²) in [5.41, 5.74) is 2.05. The van der Waals surface area contributed by atoms with Crippen molar-refractivity contribution in [3.63, 3.8) is 0 Å². The van der Waals surface area contributed by atoms with Gasteiger partial charge in [0, 0.05) is 42.1 Å². The molecule has 2 amide bonds. The molecule has 0 bridgehead atoms. The van der Waals surface area contributed by atoms with Gasteiger partial charge in [0.1, 0.15) is 5.69 Å². The number of amides is 2. The summed E-state index contributed by atoms with van der Waals surface area (Å²) in [4.78, 5) is 32.9. The summed E-state index contributed by atoms with van der Waals surface area (Å²) < 4.78 is 0. The molecule has 1 saturated heterocycles. The van der Waals surface area contributed by atoms with E-state index in [0.717, 1.165) is 29.6 Å². The number of aliphatic hydroxyl groups excluding tert-OH is 1. The maximum absolute atomic E-state index is 13.0. The molecule has 1 aliphatic rings. The lowest BCUT2D eigenvalue weighted by molar-refractivity contribution is -0.143. The van der Waals surface area contributed by atoms with Crippen LogP contribution in [0.5, 0.6) is 0 Å². The first-order chi connectivity index (χ1) is 15.4. The van der Waals surface area contributed by atoms with E-state index in [2.05, 4.69) is 15.2 Å². The molecule has 1 aromatic heterocycles. The molecule has 4 rings (SSSR count). The topological polar surface area (TPSA) is 88.7 Å². The minimum atomic E-state index is -1.35. The van der Waals surface area contributed by atoms with Crippen molar-refractivity contribution in [1.29, 1.82) is 0 Å². The van der Waals surface area contributed by atoms with Gasteiger partial charge in [0.2, 0.25) is 0 Å². The van der Waals surface area contributed by atoms with Gasteiger partial charge in [-0.25, -0.2) is 0 Å². The van der Waals surface area contributed by atoms with Crippen molar-refractivity contribution in [2.45, 2.75) is 18.6 Å². The van der Waals surface area contributed by atoms with Crippen LogP contribution in [0, 0.1) is 0 Å². The summed E-state index contributed by atoms with van der Waals surface area (Å²) >= 11 is 6.05. The molecule has 0 spiro atoms. The molecular formula is C24H27ClN4O3. The van der Waals surface area contributed by atoms with Crippen LogP contribution in [0.2, 0.25) is 5.02 Å². The number of carbonyl (C=O) groups excluding carboxylic acids is 2. The number of hydrogen-bond acceptors (Lipinski definition) is 4. The molecule has 3 aromatic rings. The molecule has 3 N–H and O–H groups in total. The summed E-state index contributed by atoms with van der Waals surface area (Å²) in [6, 6.07) is 15.8. The first kappa shape index (κ1) is 22.3. The third kappa shape index (κ3) is 5.12. The predicted octanol–water partition coefficient (Wildman–Crippen LogP) is 2.30. The van der Waals surface area contributed by atoms with Gasteiger partial charge in [-0.05, 0) is 43.3 Å². The van der Waals surface area contributed by atoms with Gasteiger partial charge in [0.25, 0.3) is 11.8 Å². The number of aromatic amines is 1. The Kier molecular flexibility index (Phi) is 6.79. The number of likely N-dealkylation sites (N-methyl/N-ethyl adjacent to an activating group) is 1. The minimum absolute atomic E-state index is 0.333. The second kappa shape index (κ2) is 9.73. The molecule has 0 saturated carbocycles. The van der Waals surface area contributed by atoms with Crippen LogP contribution in [0.4, 0.5) is 0 Å². The van der Waals surface area contributed by atoms with Gasteiger partial charge in [0.05, 0.1) is 6.04 Å². The number of piperazine rings is 1. The van der Waals surface area contributed by atoms with Gasteiger partial charge >= 0.3 is 0 Å². The fraction of sp³-hybridized carbons (Fsp3) is 0.333. The highest BCUT2D eigenvalue weighted by atomic mass is 35.5. The monoisotopic (exact) mass is 454 g/mol. The average molecular weight is 455 g/mol. The maximum atomic E-state index is 13.0. The highest BCUT2D eigenvalue weighted by Crippen LogP contribution is 2.20. The van der Waals surface area contributed by atoms with Gasteiger partial charge < -0.3 is 25.2 Å². The third-order valence-electron chi connectivity index (χ3n) is 5.89. The molecule has 2 aromatic carbocycles. The number of nitrogens with one attached hydrogen (secondary N) is 2. The van der Waals surface area contributed by atoms with Crippen molar-refractivity contribution in [1.82, 2.24) is 20.1 Å². The summed E-state index contributed by atoms with van der Waals surface area (Å²) in [5, 5.41) is 15.3. The highest BCUT2D eigenvalue weighted by molar-refractivity contribution is 6.31. The van der Waals surface area contributed by atoms with E-state index < -0.39 is 12.1 Å². The normalized spacial score (nSPS) is 16.7. The highest BCUT2D eigenvalue weighted by Gasteiger charge is 2.32. The number of rotatable bonds is 6. The van der Waals surface area contributed by atoms with Crippen molar-refractivity contribution >= 4 is 34.3 Å². The Balaban J connectivity index is 1.53. The number of fused-ring (bicyclic) bond motifs is 1. The van der Waals surface area contributed by atoms with E-state index in [4.69, 9.17) is 11.6 Å². The fourth-order valence-electron chi connectivity index (χ4n) is 3.97. The van der Waals surface area contributed by atoms with Crippen LogP contribution < -0.4 is 5.32 Å². The number of halogens is 1. The Morgan fingerprint density at radius 3 is 2.53 bits per heavy atom. The second-order valence-electron chi connectivity index (χ2n) is 8.26. The number of carbonyl (C=O) groups is 2. The van der Waals surface area contributed by atoms with Gasteiger partial charge in [-0.1, -0.05) is 41.9 Å². The summed E-state index contributed by atoms with van der Waals surface area (Å²) in [6.07, 6.45) is -1.01. The maximum Gasteiger partial charge on any atom is 0.268 e. The molecule has 7 nitrogen and oxygen atoms in total. The lowest BCUT2D eigenvalue weighted by Crippen LogP contribution is -2.56. The average Bonchev–Trinajstić information content (AvgIpc) is 3.22. The second-order valence-corrected chi connectivity index (χ2v) is 8.69. The van der Waals surface area contributed by atoms with Gasteiger partial charge in [-0.15, -0.1) is 0 Å². The van der Waals surface area contributed by atoms with Crippen molar-refractivity contribution in [2.75, 3.05) is 33.2 Å². The van der Waals surface area contributed by atoms with Crippen molar-refractivity contribution in [2.24, 2.45) is 0 Å². The Morgan fingerprint density at radius 1 is 1.09 bits per heavy atom. The van der Waals surface area contributed by atoms with Crippen LogP contribution in [0.25, 0.3) is 10.9 Å². The molecule has 0 unspecified atom stereocenters. The van der Waals surface area contributed by atoms with Crippen LogP contribution in [-0.4, -0.2) is 77.1 Å². The van der Waals surface area contributed by atoms with Gasteiger partial charge in [-0.3, -0.25) is 9.59 Å². The van der Waals surface area contributed by atoms with E-state index in [1.165, 1.54) is 0 Å². The number of H-pyrrole nitrogens is 1. The van der Waals surface area contributed by atoms with Crippen LogP contribution in [0.15, 0.2) is 54.6 Å². The number of hydrogen-bond donors (Lipinski definition) is 3. The molecule has 1 aliphatic heterocycles. The zero-order chi connectivity index (χ0) is 22.7. The minimum Gasteiger partial charge on any atom is -0.381 e. The first-order valence-corrected chi connectivity index (χ1v) is 11.1. The van der Waals surface area contributed by atoms with E-state index in [1.54, 1.807) is 23.1 Å². The first-order valence-electron chi connectivity index (χ1n) is 10.7. The standard InChI is InChI=1S/C24H27ClN4O3/c1-28-9-11-29(12-10-28)24(32)22(30)20(13-16-5-3-2-4-6-16)27-23(31)21-15-17-14-18(25)7-8-19(17)26-21/h2-8,14-15,20,22,26,30H,9-13H2,1H3,(H,27,31)/t20-,22+/m0/s1. The third-order valence-corrected chi connectivity index (χ3v) is 6.13. The van der Waals surface area contributed by atoms with Crippen LogP contribution in [-0.2, 0) is 11.2 Å². The smallest absolute Gasteiger partial charge is 0.268 e. The summed E-state index contributed by atoms with van der Waals surface area (Å²) in [7, 11) is 2.00. The molecule has 168 valence electrons. The van der Waals surface area contributed by atoms with E-state index >= 15 is 0 Å². The van der Waals surface area contributed by atoms with Crippen LogP contribution in [0.3, 0.4) is 0 Å². The van der Waals surface area contributed by atoms with Crippen molar-refractivity contribution < 1.29 is 14.7 Å². The molecule has 32 heavy (non-hydrogen) atoms. The van der Waals surface area contributed by atoms with E-state index in [0.29, 0.717) is 30.2 Å². The number of nitrogens with zero attached hydrogens (tertiary/aromatic N) is 2. The zero-order valence-electron chi connectivity index (χ0n) is 17.9. The Hall–Kier alpha value is -2.87. The molecule has 2 atom stereocenters. The van der Waals surface area contributed by atoms with E-state index in [9.17, 15) is 14.7 Å². The molecular weight excluding hydrogens is 428 g/mol. The largest absolute Gasteiger partial charge is 0.381 e. The van der Waals surface area contributed by atoms with Crippen LogP contribution >= 0.6 is 11.6 Å². The molecule has 0 radical (unpaired) electrons. The number of aromatic nitrogens is 1. The Bertz CT molecular complexity index is 1090. The lowest BCUT2D eigenvalue weighted by Gasteiger charge is -2.35.